The fraction of sp³-hybridized carbons (Fsp3) is 0.500. The van der Waals surface area contributed by atoms with Crippen molar-refractivity contribution >= 4 is 29.1 Å². The number of nitrogens with zero attached hydrogens (tertiary/aromatic N) is 4. The second kappa shape index (κ2) is 8.51. The van der Waals surface area contributed by atoms with Crippen molar-refractivity contribution in [2.45, 2.75) is 44.9 Å². The van der Waals surface area contributed by atoms with E-state index in [-0.39, 0.29) is 17.4 Å². The molecule has 9 heteroatoms. The Balaban J connectivity index is 1.32. The van der Waals surface area contributed by atoms with Crippen molar-refractivity contribution in [3.8, 4) is 0 Å². The number of anilines is 2. The molecule has 1 aromatic heterocycles. The van der Waals surface area contributed by atoms with Gasteiger partial charge >= 0.3 is 6.03 Å². The lowest BCUT2D eigenvalue weighted by Crippen LogP contribution is -2.46. The number of urea groups is 1. The number of rotatable bonds is 5. The molecule has 2 N–H and O–H groups in total. The molecule has 1 saturated heterocycles. The number of halogens is 1. The Hall–Kier alpha value is -2.58. The molecule has 1 aromatic carbocycles. The number of ether oxygens (including phenoxy) is 1. The number of carbonyl (C=O) groups excluding carboxylic acids is 1. The van der Waals surface area contributed by atoms with Gasteiger partial charge in [-0.25, -0.2) is 14.8 Å². The first-order valence-corrected chi connectivity index (χ1v) is 11.2. The Morgan fingerprint density at radius 1 is 1.19 bits per heavy atom. The summed E-state index contributed by atoms with van der Waals surface area (Å²) in [5.41, 5.74) is 4.04. The van der Waals surface area contributed by atoms with Gasteiger partial charge in [0, 0.05) is 30.4 Å². The molecule has 1 atom stereocenters. The van der Waals surface area contributed by atoms with Gasteiger partial charge in [0.15, 0.2) is 0 Å². The van der Waals surface area contributed by atoms with Gasteiger partial charge in [-0.05, 0) is 49.1 Å². The minimum atomic E-state index is 0.00951. The van der Waals surface area contributed by atoms with Crippen LogP contribution in [0.25, 0.3) is 0 Å². The van der Waals surface area contributed by atoms with Crippen LogP contribution in [0.5, 0.6) is 0 Å². The zero-order chi connectivity index (χ0) is 21.4. The van der Waals surface area contributed by atoms with E-state index in [9.17, 15) is 4.79 Å². The third-order valence-corrected chi connectivity index (χ3v) is 6.16. The Bertz CT molecular complexity index is 976. The van der Waals surface area contributed by atoms with Crippen LogP contribution in [0.15, 0.2) is 24.3 Å². The molecule has 164 valence electrons. The van der Waals surface area contributed by atoms with Gasteiger partial charge in [-0.2, -0.15) is 0 Å². The molecule has 31 heavy (non-hydrogen) atoms. The average Bonchev–Trinajstić information content (AvgIpc) is 3.49. The summed E-state index contributed by atoms with van der Waals surface area (Å²) in [6, 6.07) is 9.09. The summed E-state index contributed by atoms with van der Waals surface area (Å²) < 4.78 is 5.36. The molecule has 8 nitrogen and oxygen atoms in total. The van der Waals surface area contributed by atoms with E-state index in [0.29, 0.717) is 51.3 Å². The maximum absolute atomic E-state index is 12.9. The lowest BCUT2D eigenvalue weighted by atomic mass is 10.1. The van der Waals surface area contributed by atoms with Crippen LogP contribution in [-0.2, 0) is 17.8 Å². The van der Waals surface area contributed by atoms with Gasteiger partial charge in [-0.1, -0.05) is 12.1 Å². The average molecular weight is 443 g/mol. The second-order valence-electron chi connectivity index (χ2n) is 8.41. The number of aromatic nitrogens is 2. The fourth-order valence-corrected chi connectivity index (χ4v) is 4.27. The zero-order valence-corrected chi connectivity index (χ0v) is 18.4. The molecular weight excluding hydrogens is 416 g/mol. The van der Waals surface area contributed by atoms with Crippen LogP contribution in [0.3, 0.4) is 0 Å². The molecule has 2 fully saturated rings. The number of hydrogen-bond acceptors (Lipinski definition) is 6. The molecule has 2 aromatic rings. The quantitative estimate of drug-likeness (QED) is 0.688. The number of morpholine rings is 1. The largest absolute Gasteiger partial charge is 0.382 e. The first-order valence-electron chi connectivity index (χ1n) is 10.9. The van der Waals surface area contributed by atoms with Gasteiger partial charge < -0.3 is 25.2 Å². The topological polar surface area (TPSA) is 82.6 Å². The van der Waals surface area contributed by atoms with E-state index in [1.807, 2.05) is 4.90 Å². The van der Waals surface area contributed by atoms with Gasteiger partial charge in [0.05, 0.1) is 38.0 Å². The van der Waals surface area contributed by atoms with Crippen LogP contribution in [0.1, 0.15) is 42.6 Å². The maximum atomic E-state index is 12.9. The fourth-order valence-electron chi connectivity index (χ4n) is 4.08. The van der Waals surface area contributed by atoms with E-state index in [1.165, 1.54) is 12.8 Å². The summed E-state index contributed by atoms with van der Waals surface area (Å²) in [6.45, 7) is 5.41. The van der Waals surface area contributed by atoms with Crippen molar-refractivity contribution in [3.05, 3.63) is 46.4 Å². The van der Waals surface area contributed by atoms with Crippen LogP contribution in [0.4, 0.5) is 16.3 Å². The van der Waals surface area contributed by atoms with Crippen LogP contribution >= 0.6 is 11.6 Å². The lowest BCUT2D eigenvalue weighted by molar-refractivity contribution is 0.0429. The number of amides is 2. The first-order chi connectivity index (χ1) is 15.1. The van der Waals surface area contributed by atoms with Gasteiger partial charge in [-0.3, -0.25) is 0 Å². The highest BCUT2D eigenvalue weighted by Gasteiger charge is 2.32. The molecule has 3 heterocycles. The number of benzene rings is 1. The SMILES string of the molecule is C[C@@H](Nc1nc(Cl)nc2c1CN(C(=O)N1CCOCC1)C2)c1cccc(NC2CC2)c1. The van der Waals surface area contributed by atoms with Gasteiger partial charge in [0.1, 0.15) is 5.82 Å². The molecule has 1 aliphatic carbocycles. The van der Waals surface area contributed by atoms with Gasteiger partial charge in [0.25, 0.3) is 0 Å². The molecule has 1 saturated carbocycles. The number of nitrogens with one attached hydrogen (secondary N) is 2. The molecule has 0 radical (unpaired) electrons. The maximum Gasteiger partial charge on any atom is 0.320 e. The zero-order valence-electron chi connectivity index (χ0n) is 17.6. The molecule has 2 amide bonds. The van der Waals surface area contributed by atoms with Crippen molar-refractivity contribution in [2.75, 3.05) is 36.9 Å². The van der Waals surface area contributed by atoms with Gasteiger partial charge in [-0.15, -0.1) is 0 Å². The van der Waals surface area contributed by atoms with E-state index >= 15 is 0 Å². The standard InChI is InChI=1S/C22H27ClN6O2/c1-14(15-3-2-4-17(11-15)25-16-5-6-16)24-20-18-12-29(13-19(18)26-21(23)27-20)22(30)28-7-9-31-10-8-28/h2-4,11,14,16,25H,5-10,12-13H2,1H3,(H,24,26,27)/t14-/m1/s1. The third kappa shape index (κ3) is 4.55. The monoisotopic (exact) mass is 442 g/mol. The van der Waals surface area contributed by atoms with Crippen LogP contribution in [0, 0.1) is 0 Å². The van der Waals surface area contributed by atoms with E-state index in [0.717, 1.165) is 22.5 Å². The summed E-state index contributed by atoms with van der Waals surface area (Å²) in [5.74, 6) is 0.695. The predicted octanol–water partition coefficient (Wildman–Crippen LogP) is 3.65. The van der Waals surface area contributed by atoms with Crippen molar-refractivity contribution < 1.29 is 9.53 Å². The number of carbonyl (C=O) groups is 1. The van der Waals surface area contributed by atoms with Crippen LogP contribution in [-0.4, -0.2) is 58.1 Å². The van der Waals surface area contributed by atoms with Crippen LogP contribution in [0.2, 0.25) is 5.28 Å². The highest BCUT2D eigenvalue weighted by atomic mass is 35.5. The van der Waals surface area contributed by atoms with Crippen LogP contribution < -0.4 is 10.6 Å². The van der Waals surface area contributed by atoms with E-state index in [2.05, 4.69) is 51.8 Å². The van der Waals surface area contributed by atoms with Crippen molar-refractivity contribution in [1.29, 1.82) is 0 Å². The van der Waals surface area contributed by atoms with E-state index in [1.54, 1.807) is 4.90 Å². The summed E-state index contributed by atoms with van der Waals surface area (Å²) >= 11 is 6.22. The Kier molecular flexibility index (Phi) is 5.58. The number of hydrogen-bond donors (Lipinski definition) is 2. The predicted molar refractivity (Wildman–Crippen MR) is 119 cm³/mol. The summed E-state index contributed by atoms with van der Waals surface area (Å²) in [7, 11) is 0. The normalized spacial score (nSPS) is 19.2. The molecule has 0 bridgehead atoms. The van der Waals surface area contributed by atoms with Crippen molar-refractivity contribution in [3.63, 3.8) is 0 Å². The van der Waals surface area contributed by atoms with E-state index < -0.39 is 0 Å². The molecule has 5 rings (SSSR count). The molecule has 3 aliphatic rings. The van der Waals surface area contributed by atoms with E-state index in [4.69, 9.17) is 16.3 Å². The number of fused-ring (bicyclic) bond motifs is 1. The Morgan fingerprint density at radius 2 is 2.00 bits per heavy atom. The Morgan fingerprint density at radius 3 is 2.77 bits per heavy atom. The highest BCUT2D eigenvalue weighted by molar-refractivity contribution is 6.28. The van der Waals surface area contributed by atoms with Gasteiger partial charge in [0.2, 0.25) is 5.28 Å². The minimum absolute atomic E-state index is 0.00951. The highest BCUT2D eigenvalue weighted by Crippen LogP contribution is 2.32. The summed E-state index contributed by atoms with van der Waals surface area (Å²) in [5, 5.41) is 7.24. The molecule has 0 spiro atoms. The molecular formula is C22H27ClN6O2. The summed E-state index contributed by atoms with van der Waals surface area (Å²) in [6.07, 6.45) is 2.48. The smallest absolute Gasteiger partial charge is 0.320 e. The molecule has 2 aliphatic heterocycles. The lowest BCUT2D eigenvalue weighted by Gasteiger charge is -2.30. The van der Waals surface area contributed by atoms with Crippen molar-refractivity contribution in [2.24, 2.45) is 0 Å². The Labute approximate surface area is 186 Å². The third-order valence-electron chi connectivity index (χ3n) is 6.00. The first kappa shape index (κ1) is 20.3. The summed E-state index contributed by atoms with van der Waals surface area (Å²) in [4.78, 5) is 25.4. The minimum Gasteiger partial charge on any atom is -0.382 e. The second-order valence-corrected chi connectivity index (χ2v) is 8.75. The molecule has 0 unspecified atom stereocenters. The van der Waals surface area contributed by atoms with Crippen molar-refractivity contribution in [1.82, 2.24) is 19.8 Å².